The lowest BCUT2D eigenvalue weighted by Gasteiger charge is -2.44. The summed E-state index contributed by atoms with van der Waals surface area (Å²) in [5.74, 6) is 0. The Balaban J connectivity index is 1.64. The van der Waals surface area contributed by atoms with Gasteiger partial charge in [-0.15, -0.1) is 0 Å². The number of fused-ring (bicyclic) bond motifs is 2. The number of nitrogens with zero attached hydrogens (tertiary/aromatic N) is 2. The molecule has 2 nitrogen and oxygen atoms in total. The maximum atomic E-state index is 2.76. The van der Waals surface area contributed by atoms with Crippen molar-refractivity contribution in [2.75, 3.05) is 11.9 Å². The molecule has 0 radical (unpaired) electrons. The Morgan fingerprint density at radius 3 is 2.18 bits per heavy atom. The lowest BCUT2D eigenvalue weighted by atomic mass is 9.93. The van der Waals surface area contributed by atoms with E-state index in [1.807, 2.05) is 0 Å². The van der Waals surface area contributed by atoms with Crippen molar-refractivity contribution >= 4 is 5.69 Å². The zero-order valence-electron chi connectivity index (χ0n) is 13.3. The highest BCUT2D eigenvalue weighted by molar-refractivity contribution is 5.49. The first-order valence-electron chi connectivity index (χ1n) is 8.39. The number of benzene rings is 2. The van der Waals surface area contributed by atoms with Crippen LogP contribution >= 0.6 is 0 Å². The van der Waals surface area contributed by atoms with E-state index >= 15 is 0 Å². The summed E-state index contributed by atoms with van der Waals surface area (Å²) in [6.07, 6.45) is 5.25. The number of para-hydroxylation sites is 1. The van der Waals surface area contributed by atoms with E-state index in [1.54, 1.807) is 0 Å². The van der Waals surface area contributed by atoms with Crippen LogP contribution in [-0.4, -0.2) is 23.7 Å². The van der Waals surface area contributed by atoms with Crippen molar-refractivity contribution in [3.8, 4) is 0 Å². The first-order chi connectivity index (χ1) is 10.8. The molecule has 2 fully saturated rings. The van der Waals surface area contributed by atoms with Crippen LogP contribution in [0.5, 0.6) is 0 Å². The van der Waals surface area contributed by atoms with Crippen molar-refractivity contribution < 1.29 is 0 Å². The molecule has 0 aliphatic carbocycles. The van der Waals surface area contributed by atoms with E-state index in [1.165, 1.54) is 36.9 Å². The summed E-state index contributed by atoms with van der Waals surface area (Å²) in [6, 6.07) is 22.5. The normalized spacial score (nSPS) is 27.2. The molecule has 4 rings (SSSR count). The highest BCUT2D eigenvalue weighted by atomic mass is 15.4. The first-order valence-corrected chi connectivity index (χ1v) is 8.39. The van der Waals surface area contributed by atoms with Gasteiger partial charge in [0.15, 0.2) is 0 Å². The van der Waals surface area contributed by atoms with Gasteiger partial charge in [0.25, 0.3) is 0 Å². The molecule has 2 aromatic rings. The second-order valence-corrected chi connectivity index (χ2v) is 6.72. The topological polar surface area (TPSA) is 6.48 Å². The molecular weight excluding hydrogens is 268 g/mol. The standard InChI is InChI=1S/C20H24N2/c1-21(18-10-6-3-7-11-18)20-14-12-19(13-15-20)22(20)16-17-8-4-2-5-9-17/h2-11,19H,12-16H2,1H3. The Bertz CT molecular complexity index is 615. The molecule has 0 atom stereocenters. The number of hydrogen-bond acceptors (Lipinski definition) is 2. The van der Waals surface area contributed by atoms with Gasteiger partial charge < -0.3 is 4.90 Å². The Kier molecular flexibility index (Phi) is 3.42. The molecule has 0 unspecified atom stereocenters. The molecule has 0 N–H and O–H groups in total. The van der Waals surface area contributed by atoms with Gasteiger partial charge in [0.1, 0.15) is 0 Å². The fourth-order valence-electron chi connectivity index (χ4n) is 4.48. The maximum absolute atomic E-state index is 2.76. The van der Waals surface area contributed by atoms with Crippen LogP contribution < -0.4 is 4.90 Å². The lowest BCUT2D eigenvalue weighted by Crippen LogP contribution is -2.53. The Morgan fingerprint density at radius 1 is 0.955 bits per heavy atom. The monoisotopic (exact) mass is 292 g/mol. The summed E-state index contributed by atoms with van der Waals surface area (Å²) in [5.41, 5.74) is 2.98. The van der Waals surface area contributed by atoms with Gasteiger partial charge in [-0.05, 0) is 43.4 Å². The van der Waals surface area contributed by atoms with Crippen LogP contribution in [0.15, 0.2) is 60.7 Å². The van der Waals surface area contributed by atoms with Crippen LogP contribution in [0.1, 0.15) is 31.2 Å². The predicted molar refractivity (Wildman–Crippen MR) is 91.8 cm³/mol. The third-order valence-electron chi connectivity index (χ3n) is 5.69. The Hall–Kier alpha value is -1.80. The van der Waals surface area contributed by atoms with Gasteiger partial charge in [-0.25, -0.2) is 0 Å². The van der Waals surface area contributed by atoms with E-state index in [4.69, 9.17) is 0 Å². The highest BCUT2D eigenvalue weighted by Gasteiger charge is 2.53. The Morgan fingerprint density at radius 2 is 1.55 bits per heavy atom. The van der Waals surface area contributed by atoms with Crippen LogP contribution in [0.2, 0.25) is 0 Å². The SMILES string of the molecule is CN(c1ccccc1)C12CCC(CC1)N2Cc1ccccc1. The molecule has 2 heterocycles. The lowest BCUT2D eigenvalue weighted by molar-refractivity contribution is 0.144. The third-order valence-corrected chi connectivity index (χ3v) is 5.69. The zero-order valence-corrected chi connectivity index (χ0v) is 13.3. The molecule has 2 heteroatoms. The van der Waals surface area contributed by atoms with E-state index in [-0.39, 0.29) is 5.66 Å². The van der Waals surface area contributed by atoms with Gasteiger partial charge in [-0.2, -0.15) is 0 Å². The molecule has 2 saturated heterocycles. The second-order valence-electron chi connectivity index (χ2n) is 6.72. The van der Waals surface area contributed by atoms with E-state index < -0.39 is 0 Å². The maximum Gasteiger partial charge on any atom is 0.0936 e. The van der Waals surface area contributed by atoms with Gasteiger partial charge in [0.2, 0.25) is 0 Å². The molecule has 2 aliphatic rings. The van der Waals surface area contributed by atoms with Crippen molar-refractivity contribution in [1.82, 2.24) is 4.90 Å². The molecule has 0 spiro atoms. The van der Waals surface area contributed by atoms with Gasteiger partial charge >= 0.3 is 0 Å². The number of hydrogen-bond donors (Lipinski definition) is 0. The van der Waals surface area contributed by atoms with E-state index in [2.05, 4.69) is 77.5 Å². The molecule has 2 aromatic carbocycles. The molecule has 2 aliphatic heterocycles. The Labute approximate surface area is 133 Å². The zero-order chi connectivity index (χ0) is 15.0. The molecular formula is C20H24N2. The minimum Gasteiger partial charge on any atom is -0.356 e. The summed E-state index contributed by atoms with van der Waals surface area (Å²) in [7, 11) is 2.28. The summed E-state index contributed by atoms with van der Waals surface area (Å²) in [5, 5.41) is 0. The van der Waals surface area contributed by atoms with Crippen molar-refractivity contribution in [2.24, 2.45) is 0 Å². The van der Waals surface area contributed by atoms with Gasteiger partial charge in [-0.3, -0.25) is 4.90 Å². The van der Waals surface area contributed by atoms with E-state index in [0.29, 0.717) is 0 Å². The van der Waals surface area contributed by atoms with Crippen molar-refractivity contribution in [3.05, 3.63) is 66.2 Å². The van der Waals surface area contributed by atoms with Gasteiger partial charge in [0, 0.05) is 25.3 Å². The van der Waals surface area contributed by atoms with Crippen molar-refractivity contribution in [3.63, 3.8) is 0 Å². The van der Waals surface area contributed by atoms with Crippen LogP contribution in [0.3, 0.4) is 0 Å². The van der Waals surface area contributed by atoms with Gasteiger partial charge in [-0.1, -0.05) is 48.5 Å². The van der Waals surface area contributed by atoms with Crippen molar-refractivity contribution in [1.29, 1.82) is 0 Å². The molecule has 114 valence electrons. The average Bonchev–Trinajstić information content (AvgIpc) is 3.11. The summed E-state index contributed by atoms with van der Waals surface area (Å²) in [4.78, 5) is 5.29. The highest BCUT2D eigenvalue weighted by Crippen LogP contribution is 2.49. The van der Waals surface area contributed by atoms with E-state index in [0.717, 1.165) is 12.6 Å². The minimum atomic E-state index is 0.210. The quantitative estimate of drug-likeness (QED) is 0.830. The molecule has 22 heavy (non-hydrogen) atoms. The minimum absolute atomic E-state index is 0.210. The van der Waals surface area contributed by atoms with Crippen LogP contribution in [0.25, 0.3) is 0 Å². The first kappa shape index (κ1) is 13.8. The summed E-state index contributed by atoms with van der Waals surface area (Å²) in [6.45, 7) is 1.07. The van der Waals surface area contributed by atoms with Crippen molar-refractivity contribution in [2.45, 2.75) is 43.9 Å². The van der Waals surface area contributed by atoms with Gasteiger partial charge in [0.05, 0.1) is 5.66 Å². The average molecular weight is 292 g/mol. The van der Waals surface area contributed by atoms with E-state index in [9.17, 15) is 0 Å². The fraction of sp³-hybridized carbons (Fsp3) is 0.400. The summed E-state index contributed by atoms with van der Waals surface area (Å²) < 4.78 is 0. The fourth-order valence-corrected chi connectivity index (χ4v) is 4.48. The number of rotatable bonds is 4. The summed E-state index contributed by atoms with van der Waals surface area (Å²) >= 11 is 0. The second kappa shape index (κ2) is 5.44. The smallest absolute Gasteiger partial charge is 0.0936 e. The van der Waals surface area contributed by atoms with Crippen LogP contribution in [0.4, 0.5) is 5.69 Å². The largest absolute Gasteiger partial charge is 0.356 e. The molecule has 0 saturated carbocycles. The predicted octanol–water partition coefficient (Wildman–Crippen LogP) is 4.28. The third kappa shape index (κ3) is 2.14. The van der Waals surface area contributed by atoms with Crippen LogP contribution in [-0.2, 0) is 6.54 Å². The molecule has 2 bridgehead atoms. The number of anilines is 1. The molecule has 0 amide bonds. The van der Waals surface area contributed by atoms with Crippen LogP contribution in [0, 0.1) is 0 Å². The molecule has 0 aromatic heterocycles.